The van der Waals surface area contributed by atoms with Gasteiger partial charge in [0.25, 0.3) is 0 Å². The van der Waals surface area contributed by atoms with Gasteiger partial charge in [0.2, 0.25) is 0 Å². The van der Waals surface area contributed by atoms with Crippen molar-refractivity contribution in [2.75, 3.05) is 6.16 Å². The molecule has 0 amide bonds. The second-order valence-electron chi connectivity index (χ2n) is 2.18. The van der Waals surface area contributed by atoms with E-state index in [-0.39, 0.29) is 0 Å². The number of Topliss-reactive ketones (excluding diaryl/α,β-unsaturated/α-hetero) is 1. The third-order valence-corrected chi connectivity index (χ3v) is 2.04. The van der Waals surface area contributed by atoms with Gasteiger partial charge in [-0.3, -0.25) is 4.79 Å². The molecule has 0 N–H and O–H groups in total. The summed E-state index contributed by atoms with van der Waals surface area (Å²) in [5.41, 5.74) is 0. The average molecular weight is 146 g/mol. The van der Waals surface area contributed by atoms with Gasteiger partial charge in [0, 0.05) is 12.1 Å². The highest BCUT2D eigenvalue weighted by atomic mass is 31.0. The summed E-state index contributed by atoms with van der Waals surface area (Å²) in [6.45, 7) is 4.12. The lowest BCUT2D eigenvalue weighted by molar-refractivity contribution is -0.120. The molecule has 0 radical (unpaired) electrons. The fourth-order valence-corrected chi connectivity index (χ4v) is 1.24. The van der Waals surface area contributed by atoms with Crippen molar-refractivity contribution in [3.8, 4) is 0 Å². The molecule has 54 valence electrons. The summed E-state index contributed by atoms with van der Waals surface area (Å²) in [5.74, 6) is 0.688. The first-order chi connectivity index (χ1) is 4.26. The lowest BCUT2D eigenvalue weighted by Gasteiger charge is -2.07. The van der Waals surface area contributed by atoms with Gasteiger partial charge < -0.3 is 0 Å². The quantitative estimate of drug-likeness (QED) is 0.553. The first-order valence-electron chi connectivity index (χ1n) is 3.49. The van der Waals surface area contributed by atoms with E-state index in [1.165, 1.54) is 0 Å². The topological polar surface area (TPSA) is 17.1 Å². The largest absolute Gasteiger partial charge is 0.299 e. The fourth-order valence-electron chi connectivity index (χ4n) is 0.911. The van der Waals surface area contributed by atoms with Gasteiger partial charge in [-0.25, -0.2) is 0 Å². The third-order valence-electron chi connectivity index (χ3n) is 1.64. The summed E-state index contributed by atoms with van der Waals surface area (Å²) in [6.07, 6.45) is 2.60. The van der Waals surface area contributed by atoms with Crippen molar-refractivity contribution in [2.24, 2.45) is 5.92 Å². The van der Waals surface area contributed by atoms with Crippen LogP contribution in [0.15, 0.2) is 0 Å². The van der Waals surface area contributed by atoms with Crippen molar-refractivity contribution < 1.29 is 4.79 Å². The Morgan fingerprint density at radius 2 is 1.89 bits per heavy atom. The summed E-state index contributed by atoms with van der Waals surface area (Å²) >= 11 is 0. The van der Waals surface area contributed by atoms with Crippen LogP contribution in [0, 0.1) is 5.92 Å². The molecule has 0 fully saturated rings. The number of carbonyl (C=O) groups is 1. The molecule has 0 aromatic rings. The minimum Gasteiger partial charge on any atom is -0.299 e. The predicted octanol–water partition coefficient (Wildman–Crippen LogP) is 1.87. The normalized spacial score (nSPS) is 10.2. The molecule has 0 rings (SSSR count). The Kier molecular flexibility index (Phi) is 4.99. The van der Waals surface area contributed by atoms with E-state index in [0.717, 1.165) is 12.8 Å². The molecule has 0 aromatic heterocycles. The van der Waals surface area contributed by atoms with Crippen LogP contribution in [0.25, 0.3) is 0 Å². The van der Waals surface area contributed by atoms with Crippen LogP contribution in [-0.2, 0) is 4.79 Å². The average Bonchev–Trinajstić information content (AvgIpc) is 1.90. The van der Waals surface area contributed by atoms with Gasteiger partial charge in [-0.15, -0.1) is 9.24 Å². The lowest BCUT2D eigenvalue weighted by Crippen LogP contribution is -2.13. The van der Waals surface area contributed by atoms with Crippen LogP contribution < -0.4 is 0 Å². The number of ketones is 1. The van der Waals surface area contributed by atoms with Crippen molar-refractivity contribution in [1.82, 2.24) is 0 Å². The molecule has 0 bridgehead atoms. The van der Waals surface area contributed by atoms with Crippen molar-refractivity contribution in [2.45, 2.75) is 26.7 Å². The van der Waals surface area contributed by atoms with E-state index in [0.29, 0.717) is 17.9 Å². The molecule has 0 saturated carbocycles. The zero-order chi connectivity index (χ0) is 7.28. The van der Waals surface area contributed by atoms with Gasteiger partial charge >= 0.3 is 0 Å². The molecule has 1 unspecified atom stereocenters. The molecule has 0 aliphatic rings. The molecule has 0 spiro atoms. The van der Waals surface area contributed by atoms with Crippen LogP contribution in [0.4, 0.5) is 0 Å². The summed E-state index contributed by atoms with van der Waals surface area (Å²) in [4.78, 5) is 11.0. The smallest absolute Gasteiger partial charge is 0.139 e. The Morgan fingerprint density at radius 3 is 2.00 bits per heavy atom. The zero-order valence-electron chi connectivity index (χ0n) is 6.18. The van der Waals surface area contributed by atoms with E-state index in [2.05, 4.69) is 23.1 Å². The van der Waals surface area contributed by atoms with Crippen molar-refractivity contribution in [3.63, 3.8) is 0 Å². The number of hydrogen-bond acceptors (Lipinski definition) is 1. The summed E-state index contributed by atoms with van der Waals surface area (Å²) < 4.78 is 0. The maximum atomic E-state index is 11.0. The van der Waals surface area contributed by atoms with Crippen molar-refractivity contribution in [3.05, 3.63) is 0 Å². The Balaban J connectivity index is 3.64. The number of rotatable bonds is 4. The third kappa shape index (κ3) is 2.95. The zero-order valence-corrected chi connectivity index (χ0v) is 7.34. The summed E-state index contributed by atoms with van der Waals surface area (Å²) in [6, 6.07) is 0. The maximum absolute atomic E-state index is 11.0. The highest BCUT2D eigenvalue weighted by Crippen LogP contribution is 2.09. The Hall–Kier alpha value is 0.100. The van der Waals surface area contributed by atoms with E-state index >= 15 is 0 Å². The minimum absolute atomic E-state index is 0.308. The van der Waals surface area contributed by atoms with Crippen molar-refractivity contribution >= 4 is 15.0 Å². The molecular formula is C7H15OP. The lowest BCUT2D eigenvalue weighted by atomic mass is 10.00. The highest BCUT2D eigenvalue weighted by Gasteiger charge is 2.10. The molecule has 0 aliphatic heterocycles. The number of carbonyl (C=O) groups excluding carboxylic acids is 1. The minimum atomic E-state index is 0.308. The Morgan fingerprint density at radius 1 is 1.44 bits per heavy atom. The number of hydrogen-bond donors (Lipinski definition) is 0. The van der Waals surface area contributed by atoms with Gasteiger partial charge in [0.15, 0.2) is 0 Å². The van der Waals surface area contributed by atoms with Gasteiger partial charge in [0.1, 0.15) is 5.78 Å². The Labute approximate surface area is 59.4 Å². The highest BCUT2D eigenvalue weighted by molar-refractivity contribution is 7.18. The second kappa shape index (κ2) is 4.93. The van der Waals surface area contributed by atoms with Crippen LogP contribution >= 0.6 is 9.24 Å². The first-order valence-corrected chi connectivity index (χ1v) is 4.30. The van der Waals surface area contributed by atoms with E-state index < -0.39 is 0 Å². The fraction of sp³-hybridized carbons (Fsp3) is 0.857. The molecule has 0 heterocycles. The summed E-state index contributed by atoms with van der Waals surface area (Å²) in [5, 5.41) is 0. The molecule has 0 saturated heterocycles. The van der Waals surface area contributed by atoms with E-state index in [1.54, 1.807) is 0 Å². The molecular weight excluding hydrogens is 131 g/mol. The van der Waals surface area contributed by atoms with E-state index in [9.17, 15) is 4.79 Å². The van der Waals surface area contributed by atoms with Gasteiger partial charge in [-0.05, 0) is 12.8 Å². The van der Waals surface area contributed by atoms with Gasteiger partial charge in [-0.2, -0.15) is 0 Å². The van der Waals surface area contributed by atoms with Crippen molar-refractivity contribution in [1.29, 1.82) is 0 Å². The van der Waals surface area contributed by atoms with Crippen LogP contribution in [-0.4, -0.2) is 11.9 Å². The van der Waals surface area contributed by atoms with Crippen LogP contribution in [0.2, 0.25) is 0 Å². The molecule has 1 nitrogen and oxygen atoms in total. The van der Waals surface area contributed by atoms with E-state index in [4.69, 9.17) is 0 Å². The first kappa shape index (κ1) is 9.10. The van der Waals surface area contributed by atoms with Crippen LogP contribution in [0.1, 0.15) is 26.7 Å². The monoisotopic (exact) mass is 146 g/mol. The van der Waals surface area contributed by atoms with Crippen LogP contribution in [0.5, 0.6) is 0 Å². The Bertz CT molecular complexity index is 86.9. The molecule has 0 aromatic carbocycles. The summed E-state index contributed by atoms with van der Waals surface area (Å²) in [7, 11) is 2.47. The van der Waals surface area contributed by atoms with Crippen LogP contribution in [0.3, 0.4) is 0 Å². The standard InChI is InChI=1S/C7H15OP/c1-3-6(4-2)7(8)5-9/h6H,3-5,9H2,1-2H3. The van der Waals surface area contributed by atoms with E-state index in [1.807, 2.05) is 0 Å². The van der Waals surface area contributed by atoms with Gasteiger partial charge in [-0.1, -0.05) is 13.8 Å². The van der Waals surface area contributed by atoms with Gasteiger partial charge in [0.05, 0.1) is 0 Å². The molecule has 9 heavy (non-hydrogen) atoms. The SMILES string of the molecule is CCC(CC)C(=O)CP. The molecule has 0 aliphatic carbocycles. The molecule has 1 atom stereocenters. The molecule has 2 heteroatoms. The maximum Gasteiger partial charge on any atom is 0.139 e. The predicted molar refractivity (Wildman–Crippen MR) is 43.7 cm³/mol. The second-order valence-corrected chi connectivity index (χ2v) is 2.59.